The first-order valence-corrected chi connectivity index (χ1v) is 8.93. The second kappa shape index (κ2) is 8.35. The number of carbonyl (C=O) groups excluding carboxylic acids is 2. The third kappa shape index (κ3) is 5.50. The Morgan fingerprint density at radius 3 is 2.43 bits per heavy atom. The number of urea groups is 1. The summed E-state index contributed by atoms with van der Waals surface area (Å²) in [6, 6.07) is 13.1. The van der Waals surface area contributed by atoms with Gasteiger partial charge >= 0.3 is 6.03 Å². The Kier molecular flexibility index (Phi) is 5.89. The first-order valence-electron chi connectivity index (χ1n) is 8.93. The lowest BCUT2D eigenvalue weighted by Crippen LogP contribution is -2.40. The molecule has 1 aliphatic heterocycles. The van der Waals surface area contributed by atoms with Gasteiger partial charge in [-0.3, -0.25) is 10.1 Å². The number of anilines is 2. The molecule has 0 aromatic heterocycles. The molecule has 2 aromatic rings. The molecule has 1 unspecified atom stereocenters. The molecule has 1 atom stereocenters. The normalized spacial score (nSPS) is 17.8. The molecule has 4 N–H and O–H groups in total. The Balaban J connectivity index is 1.52. The van der Waals surface area contributed by atoms with E-state index in [2.05, 4.69) is 21.3 Å². The summed E-state index contributed by atoms with van der Waals surface area (Å²) < 4.78 is 26.4. The van der Waals surface area contributed by atoms with Crippen LogP contribution in [0.5, 0.6) is 0 Å². The van der Waals surface area contributed by atoms with E-state index < -0.39 is 30.8 Å². The number of nitrogens with one attached hydrogen (secondary N) is 4. The number of halogens is 2. The van der Waals surface area contributed by atoms with E-state index in [9.17, 15) is 18.4 Å². The molecule has 0 spiro atoms. The highest BCUT2D eigenvalue weighted by Gasteiger charge is 2.42. The van der Waals surface area contributed by atoms with Gasteiger partial charge in [-0.1, -0.05) is 24.3 Å². The summed E-state index contributed by atoms with van der Waals surface area (Å²) in [6.45, 7) is 1.63. The van der Waals surface area contributed by atoms with E-state index in [4.69, 9.17) is 0 Å². The van der Waals surface area contributed by atoms with Crippen LogP contribution in [0.1, 0.15) is 17.5 Å². The highest BCUT2D eigenvalue weighted by atomic mass is 19.3. The third-order valence-corrected chi connectivity index (χ3v) is 4.35. The van der Waals surface area contributed by atoms with Crippen molar-refractivity contribution in [3.05, 3.63) is 59.7 Å². The summed E-state index contributed by atoms with van der Waals surface area (Å²) in [5, 5.41) is 10.6. The number of aryl methyl sites for hydroxylation is 1. The zero-order valence-electron chi connectivity index (χ0n) is 15.4. The summed E-state index contributed by atoms with van der Waals surface area (Å²) in [6.07, 6.45) is -0.500. The van der Waals surface area contributed by atoms with Crippen molar-refractivity contribution >= 4 is 23.3 Å². The van der Waals surface area contributed by atoms with Crippen LogP contribution >= 0.6 is 0 Å². The maximum atomic E-state index is 13.2. The van der Waals surface area contributed by atoms with Gasteiger partial charge in [-0.25, -0.2) is 13.6 Å². The Hall–Kier alpha value is -3.00. The molecule has 28 heavy (non-hydrogen) atoms. The quantitative estimate of drug-likeness (QED) is 0.635. The molecule has 3 amide bonds. The molecular weight excluding hydrogens is 366 g/mol. The summed E-state index contributed by atoms with van der Waals surface area (Å²) in [4.78, 5) is 24.1. The van der Waals surface area contributed by atoms with Crippen molar-refractivity contribution in [2.24, 2.45) is 0 Å². The first kappa shape index (κ1) is 19.8. The van der Waals surface area contributed by atoms with Crippen LogP contribution < -0.4 is 21.3 Å². The molecule has 8 heteroatoms. The van der Waals surface area contributed by atoms with E-state index >= 15 is 0 Å². The summed E-state index contributed by atoms with van der Waals surface area (Å²) in [5.41, 5.74) is 3.01. The van der Waals surface area contributed by atoms with E-state index in [-0.39, 0.29) is 12.6 Å². The van der Waals surface area contributed by atoms with Crippen molar-refractivity contribution in [2.45, 2.75) is 31.9 Å². The van der Waals surface area contributed by atoms with Gasteiger partial charge in [0.25, 0.3) is 5.92 Å². The molecule has 148 valence electrons. The number of hydrogen-bond acceptors (Lipinski definition) is 3. The van der Waals surface area contributed by atoms with Crippen molar-refractivity contribution in [3.63, 3.8) is 0 Å². The van der Waals surface area contributed by atoms with E-state index in [0.717, 1.165) is 11.1 Å². The van der Waals surface area contributed by atoms with Crippen molar-refractivity contribution in [2.75, 3.05) is 17.2 Å². The van der Waals surface area contributed by atoms with Crippen LogP contribution in [0.4, 0.5) is 25.0 Å². The van der Waals surface area contributed by atoms with Gasteiger partial charge in [0.1, 0.15) is 0 Å². The van der Waals surface area contributed by atoms with Gasteiger partial charge in [0, 0.05) is 24.3 Å². The van der Waals surface area contributed by atoms with Gasteiger partial charge < -0.3 is 16.0 Å². The predicted octanol–water partition coefficient (Wildman–Crippen LogP) is 3.25. The Labute approximate surface area is 161 Å². The molecule has 2 aromatic carbocycles. The number of hydrogen-bond donors (Lipinski definition) is 4. The second-order valence-corrected chi connectivity index (χ2v) is 6.86. The van der Waals surface area contributed by atoms with Crippen molar-refractivity contribution in [3.8, 4) is 0 Å². The number of benzene rings is 2. The van der Waals surface area contributed by atoms with Crippen LogP contribution in [-0.2, 0) is 11.3 Å². The van der Waals surface area contributed by atoms with Gasteiger partial charge in [-0.05, 0) is 42.3 Å². The average Bonchev–Trinajstić information content (AvgIpc) is 3.00. The molecule has 0 radical (unpaired) electrons. The van der Waals surface area contributed by atoms with Crippen molar-refractivity contribution in [1.29, 1.82) is 0 Å². The largest absolute Gasteiger partial charge is 0.351 e. The Bertz CT molecular complexity index is 873. The van der Waals surface area contributed by atoms with Crippen molar-refractivity contribution in [1.82, 2.24) is 10.6 Å². The summed E-state index contributed by atoms with van der Waals surface area (Å²) in [7, 11) is 0. The molecule has 6 nitrogen and oxygen atoms in total. The summed E-state index contributed by atoms with van der Waals surface area (Å²) in [5.74, 6) is -3.32. The monoisotopic (exact) mass is 388 g/mol. The maximum Gasteiger partial charge on any atom is 0.323 e. The Morgan fingerprint density at radius 2 is 1.79 bits per heavy atom. The molecule has 0 bridgehead atoms. The van der Waals surface area contributed by atoms with Gasteiger partial charge in [0.05, 0.1) is 12.6 Å². The van der Waals surface area contributed by atoms with Gasteiger partial charge in [-0.2, -0.15) is 0 Å². The lowest BCUT2D eigenvalue weighted by atomic mass is 10.1. The van der Waals surface area contributed by atoms with Crippen LogP contribution in [-0.4, -0.2) is 30.4 Å². The summed E-state index contributed by atoms with van der Waals surface area (Å²) >= 11 is 0. The second-order valence-electron chi connectivity index (χ2n) is 6.86. The van der Waals surface area contributed by atoms with Crippen molar-refractivity contribution < 1.29 is 18.4 Å². The minimum atomic E-state index is -2.85. The first-order chi connectivity index (χ1) is 13.3. The zero-order chi connectivity index (χ0) is 20.1. The standard InChI is InChI=1S/C20H22F2N4O2/c1-13-4-2-6-15(8-13)25-19(28)26-16-7-3-5-14(9-16)11-23-18(27)17-10-20(21,22)12-24-17/h2-9,17,24H,10-12H2,1H3,(H,23,27)(H2,25,26,28). The van der Waals surface area contributed by atoms with Gasteiger partial charge in [0.2, 0.25) is 5.91 Å². The average molecular weight is 388 g/mol. The Morgan fingerprint density at radius 1 is 1.11 bits per heavy atom. The predicted molar refractivity (Wildman–Crippen MR) is 103 cm³/mol. The van der Waals surface area contributed by atoms with E-state index in [1.807, 2.05) is 25.1 Å². The van der Waals surface area contributed by atoms with E-state index in [0.29, 0.717) is 11.4 Å². The van der Waals surface area contributed by atoms with Crippen LogP contribution in [0.2, 0.25) is 0 Å². The SMILES string of the molecule is Cc1cccc(NC(=O)Nc2cccc(CNC(=O)C3CC(F)(F)CN3)c2)c1. The zero-order valence-corrected chi connectivity index (χ0v) is 15.4. The minimum absolute atomic E-state index is 0.178. The molecule has 0 aliphatic carbocycles. The van der Waals surface area contributed by atoms with Crippen LogP contribution in [0.25, 0.3) is 0 Å². The fraction of sp³-hybridized carbons (Fsp3) is 0.300. The fourth-order valence-corrected chi connectivity index (χ4v) is 2.99. The lowest BCUT2D eigenvalue weighted by Gasteiger charge is -2.12. The molecule has 3 rings (SSSR count). The van der Waals surface area contributed by atoms with Gasteiger partial charge in [-0.15, -0.1) is 0 Å². The molecular formula is C20H22F2N4O2. The minimum Gasteiger partial charge on any atom is -0.351 e. The molecule has 1 aliphatic rings. The lowest BCUT2D eigenvalue weighted by molar-refractivity contribution is -0.123. The molecule has 1 saturated heterocycles. The highest BCUT2D eigenvalue weighted by molar-refractivity contribution is 5.99. The number of carbonyl (C=O) groups is 2. The van der Waals surface area contributed by atoms with Crippen LogP contribution in [0, 0.1) is 6.92 Å². The van der Waals surface area contributed by atoms with E-state index in [1.54, 1.807) is 30.3 Å². The highest BCUT2D eigenvalue weighted by Crippen LogP contribution is 2.25. The fourth-order valence-electron chi connectivity index (χ4n) is 2.99. The number of alkyl halides is 2. The molecule has 1 heterocycles. The third-order valence-electron chi connectivity index (χ3n) is 4.35. The number of rotatable bonds is 5. The smallest absolute Gasteiger partial charge is 0.323 e. The number of amides is 3. The topological polar surface area (TPSA) is 82.3 Å². The van der Waals surface area contributed by atoms with Crippen LogP contribution in [0.15, 0.2) is 48.5 Å². The van der Waals surface area contributed by atoms with Crippen LogP contribution in [0.3, 0.4) is 0 Å². The molecule has 0 saturated carbocycles. The maximum absolute atomic E-state index is 13.2. The molecule has 1 fully saturated rings. The van der Waals surface area contributed by atoms with Gasteiger partial charge in [0.15, 0.2) is 0 Å². The van der Waals surface area contributed by atoms with E-state index in [1.165, 1.54) is 0 Å².